The number of fused-ring (bicyclic) bond motifs is 1. The topological polar surface area (TPSA) is 126 Å². The van der Waals surface area contributed by atoms with Crippen LogP contribution in [0.5, 0.6) is 5.75 Å². The normalized spacial score (nSPS) is 14.8. The lowest BCUT2D eigenvalue weighted by Crippen LogP contribution is -2.67. The second-order valence-corrected chi connectivity index (χ2v) is 11.9. The first-order valence-electron chi connectivity index (χ1n) is 12.7. The highest BCUT2D eigenvalue weighted by molar-refractivity contribution is 7.91. The van der Waals surface area contributed by atoms with Crippen LogP contribution in [-0.2, 0) is 26.0 Å². The minimum absolute atomic E-state index is 0.0324. The maximum atomic E-state index is 13.2. The molecule has 2 heterocycles. The molecule has 1 fully saturated rings. The van der Waals surface area contributed by atoms with Crippen molar-refractivity contribution < 1.29 is 28.0 Å². The number of hydrogen-bond donors (Lipinski definition) is 2. The van der Waals surface area contributed by atoms with Crippen LogP contribution in [0.15, 0.2) is 59.5 Å². The van der Waals surface area contributed by atoms with Gasteiger partial charge in [-0.15, -0.1) is 0 Å². The third kappa shape index (κ3) is 5.51. The van der Waals surface area contributed by atoms with Crippen molar-refractivity contribution in [1.29, 1.82) is 0 Å². The van der Waals surface area contributed by atoms with E-state index >= 15 is 0 Å². The minimum Gasteiger partial charge on any atom is -0.489 e. The van der Waals surface area contributed by atoms with Crippen LogP contribution in [0, 0.1) is 18.3 Å². The molecule has 4 rings (SSSR count). The van der Waals surface area contributed by atoms with Crippen molar-refractivity contribution in [2.75, 3.05) is 18.8 Å². The summed E-state index contributed by atoms with van der Waals surface area (Å²) in [7, 11) is -3.91. The highest BCUT2D eigenvalue weighted by atomic mass is 32.2. The van der Waals surface area contributed by atoms with E-state index in [-0.39, 0.29) is 36.4 Å². The monoisotopic (exact) mass is 539 g/mol. The zero-order chi connectivity index (χ0) is 27.5. The molecule has 9 nitrogen and oxygen atoms in total. The minimum atomic E-state index is -3.91. The molecule has 1 aliphatic rings. The van der Waals surface area contributed by atoms with Crippen molar-refractivity contribution in [2.24, 2.45) is 11.3 Å². The molecule has 3 aromatic rings. The largest absolute Gasteiger partial charge is 0.489 e. The molecule has 0 spiro atoms. The number of benzene rings is 2. The average molecular weight is 540 g/mol. The summed E-state index contributed by atoms with van der Waals surface area (Å²) in [5.41, 5.74) is 2.91. The Labute approximate surface area is 222 Å². The second kappa shape index (κ2) is 11.1. The van der Waals surface area contributed by atoms with E-state index in [0.29, 0.717) is 18.6 Å². The molecule has 202 valence electrons. The lowest BCUT2D eigenvalue weighted by Gasteiger charge is -2.48. The van der Waals surface area contributed by atoms with Gasteiger partial charge in [-0.1, -0.05) is 32.0 Å². The van der Waals surface area contributed by atoms with Gasteiger partial charge in [0.1, 0.15) is 17.8 Å². The Morgan fingerprint density at radius 3 is 2.39 bits per heavy atom. The molecule has 0 bridgehead atoms. The molecule has 38 heavy (non-hydrogen) atoms. The van der Waals surface area contributed by atoms with Crippen molar-refractivity contribution in [3.8, 4) is 5.75 Å². The molecule has 1 aromatic heterocycles. The number of carbonyl (C=O) groups is 2. The fraction of sp³-hybridized carbons (Fsp3) is 0.393. The van der Waals surface area contributed by atoms with Crippen LogP contribution in [0.4, 0.5) is 0 Å². The maximum Gasteiger partial charge on any atom is 0.254 e. The van der Waals surface area contributed by atoms with Gasteiger partial charge < -0.3 is 9.64 Å². The van der Waals surface area contributed by atoms with Gasteiger partial charge in [0.25, 0.3) is 5.91 Å². The number of carbonyl (C=O) groups excluding carboxylic acids is 2. The fourth-order valence-electron chi connectivity index (χ4n) is 5.02. The second-order valence-electron chi connectivity index (χ2n) is 9.89. The van der Waals surface area contributed by atoms with E-state index in [9.17, 15) is 23.2 Å². The predicted octanol–water partition coefficient (Wildman–Crippen LogP) is 3.67. The molecule has 2 amide bonds. The number of ether oxygens (including phenoxy) is 1. The molecular weight excluding hydrogens is 506 g/mol. The quantitative estimate of drug-likeness (QED) is 0.297. The molecule has 0 saturated carbocycles. The summed E-state index contributed by atoms with van der Waals surface area (Å²) >= 11 is 0. The van der Waals surface area contributed by atoms with Crippen molar-refractivity contribution in [3.63, 3.8) is 0 Å². The Morgan fingerprint density at radius 1 is 1.11 bits per heavy atom. The predicted molar refractivity (Wildman–Crippen MR) is 142 cm³/mol. The van der Waals surface area contributed by atoms with Gasteiger partial charge in [-0.3, -0.25) is 19.8 Å². The third-order valence-electron chi connectivity index (χ3n) is 7.19. The first-order chi connectivity index (χ1) is 18.1. The smallest absolute Gasteiger partial charge is 0.254 e. The first-order valence-corrected chi connectivity index (χ1v) is 14.3. The van der Waals surface area contributed by atoms with Gasteiger partial charge in [-0.2, -0.15) is 0 Å². The van der Waals surface area contributed by atoms with Crippen LogP contribution < -0.4 is 10.2 Å². The van der Waals surface area contributed by atoms with E-state index in [1.54, 1.807) is 17.6 Å². The van der Waals surface area contributed by atoms with Gasteiger partial charge in [0.15, 0.2) is 9.84 Å². The highest BCUT2D eigenvalue weighted by Crippen LogP contribution is 2.36. The summed E-state index contributed by atoms with van der Waals surface area (Å²) in [6.45, 7) is 5.91. The Bertz CT molecular complexity index is 1430. The number of hydroxylamine groups is 1. The summed E-state index contributed by atoms with van der Waals surface area (Å²) in [6, 6.07) is 15.8. The molecule has 0 radical (unpaired) electrons. The Balaban J connectivity index is 1.46. The maximum absolute atomic E-state index is 13.2. The van der Waals surface area contributed by atoms with Gasteiger partial charge in [-0.05, 0) is 56.2 Å². The van der Waals surface area contributed by atoms with E-state index in [4.69, 9.17) is 4.74 Å². The SMILES string of the molecule is CCC(CC)C(=O)N1CC(CS(=O)(=O)c2ccc(OCc3cc(C)nc4ccccc34)cc2)(C(=O)NO)C1. The van der Waals surface area contributed by atoms with Crippen LogP contribution in [-0.4, -0.2) is 54.2 Å². The van der Waals surface area contributed by atoms with Gasteiger partial charge in [0, 0.05) is 35.7 Å². The molecule has 0 atom stereocenters. The van der Waals surface area contributed by atoms with Gasteiger partial charge in [0.05, 0.1) is 16.2 Å². The van der Waals surface area contributed by atoms with Crippen LogP contribution in [0.25, 0.3) is 10.9 Å². The molecule has 1 saturated heterocycles. The number of rotatable bonds is 10. The Kier molecular flexibility index (Phi) is 8.03. The number of likely N-dealkylation sites (tertiary alicyclic amines) is 1. The fourth-order valence-corrected chi connectivity index (χ4v) is 6.78. The molecular formula is C28H33N3O6S. The molecule has 0 aliphatic carbocycles. The van der Waals surface area contributed by atoms with Crippen molar-refractivity contribution in [1.82, 2.24) is 15.4 Å². The van der Waals surface area contributed by atoms with Crippen LogP contribution in [0.3, 0.4) is 0 Å². The van der Waals surface area contributed by atoms with Crippen LogP contribution >= 0.6 is 0 Å². The summed E-state index contributed by atoms with van der Waals surface area (Å²) in [6.07, 6.45) is 1.32. The summed E-state index contributed by atoms with van der Waals surface area (Å²) < 4.78 is 32.4. The number of pyridine rings is 1. The number of hydrogen-bond acceptors (Lipinski definition) is 7. The Hall–Kier alpha value is -3.50. The van der Waals surface area contributed by atoms with E-state index in [2.05, 4.69) is 4.98 Å². The van der Waals surface area contributed by atoms with E-state index in [1.165, 1.54) is 17.0 Å². The van der Waals surface area contributed by atoms with E-state index in [0.717, 1.165) is 22.2 Å². The molecule has 2 N–H and O–H groups in total. The van der Waals surface area contributed by atoms with Crippen molar-refractivity contribution in [2.45, 2.75) is 45.1 Å². The lowest BCUT2D eigenvalue weighted by molar-refractivity contribution is -0.159. The number of aryl methyl sites for hydroxylation is 1. The third-order valence-corrected chi connectivity index (χ3v) is 9.11. The number of nitrogens with one attached hydrogen (secondary N) is 1. The van der Waals surface area contributed by atoms with Gasteiger partial charge >= 0.3 is 0 Å². The molecule has 1 aliphatic heterocycles. The standard InChI is InChI=1S/C28H33N3O6S/c1-4-20(5-2)26(32)31-16-28(17-31,27(33)30-34)18-38(35,36)23-12-10-22(11-13-23)37-15-21-14-19(3)29-25-9-7-6-8-24(21)25/h6-14,20,34H,4-5,15-18H2,1-3H3,(H,30,33). The van der Waals surface area contributed by atoms with E-state index in [1.807, 2.05) is 51.1 Å². The summed E-state index contributed by atoms with van der Waals surface area (Å²) in [5.74, 6) is -1.12. The average Bonchev–Trinajstić information content (AvgIpc) is 2.89. The molecule has 2 aromatic carbocycles. The lowest BCUT2D eigenvalue weighted by atomic mass is 9.79. The number of amides is 2. The first kappa shape index (κ1) is 27.5. The summed E-state index contributed by atoms with van der Waals surface area (Å²) in [5, 5.41) is 10.3. The highest BCUT2D eigenvalue weighted by Gasteiger charge is 2.54. The zero-order valence-corrected chi connectivity index (χ0v) is 22.6. The molecule has 10 heteroatoms. The Morgan fingerprint density at radius 2 is 1.76 bits per heavy atom. The number of para-hydroxylation sites is 1. The van der Waals surface area contributed by atoms with Crippen molar-refractivity contribution >= 4 is 32.6 Å². The van der Waals surface area contributed by atoms with Gasteiger partial charge in [-0.25, -0.2) is 13.9 Å². The number of sulfone groups is 1. The number of nitrogens with zero attached hydrogens (tertiary/aromatic N) is 2. The van der Waals surface area contributed by atoms with Crippen LogP contribution in [0.2, 0.25) is 0 Å². The summed E-state index contributed by atoms with van der Waals surface area (Å²) in [4.78, 5) is 31.2. The zero-order valence-electron chi connectivity index (χ0n) is 21.8. The van der Waals surface area contributed by atoms with Crippen LogP contribution in [0.1, 0.15) is 37.9 Å². The van der Waals surface area contributed by atoms with Gasteiger partial charge in [0.2, 0.25) is 5.91 Å². The van der Waals surface area contributed by atoms with Crippen molar-refractivity contribution in [3.05, 3.63) is 65.9 Å². The molecule has 0 unspecified atom stereocenters. The van der Waals surface area contributed by atoms with E-state index < -0.39 is 26.9 Å². The number of aromatic nitrogens is 1.